The Morgan fingerprint density at radius 1 is 1.44 bits per heavy atom. The zero-order valence-corrected chi connectivity index (χ0v) is 11.6. The number of thioether (sulfide) groups is 1. The predicted octanol–water partition coefficient (Wildman–Crippen LogP) is 1.65. The van der Waals surface area contributed by atoms with Crippen molar-refractivity contribution in [3.05, 3.63) is 35.4 Å². The maximum Gasteiger partial charge on any atom is 0.239 e. The first-order valence-electron chi connectivity index (χ1n) is 6.32. The number of fused-ring (bicyclic) bond motifs is 1. The minimum Gasteiger partial charge on any atom is -0.337 e. The van der Waals surface area contributed by atoms with E-state index in [0.717, 1.165) is 25.1 Å². The summed E-state index contributed by atoms with van der Waals surface area (Å²) in [4.78, 5) is 14.1. The summed E-state index contributed by atoms with van der Waals surface area (Å²) in [6, 6.07) is 7.98. The summed E-state index contributed by atoms with van der Waals surface area (Å²) in [5.74, 6) is 1.04. The van der Waals surface area contributed by atoms with Crippen LogP contribution in [0.1, 0.15) is 17.5 Å². The molecule has 98 valence electrons. The van der Waals surface area contributed by atoms with Crippen LogP contribution in [0, 0.1) is 0 Å². The Bertz CT molecular complexity index is 422. The highest BCUT2D eigenvalue weighted by Crippen LogP contribution is 2.19. The average molecular weight is 264 g/mol. The van der Waals surface area contributed by atoms with E-state index in [2.05, 4.69) is 18.2 Å². The fourth-order valence-corrected chi connectivity index (χ4v) is 2.78. The highest BCUT2D eigenvalue weighted by atomic mass is 32.2. The number of hydrogen-bond acceptors (Lipinski definition) is 3. The molecule has 1 aromatic rings. The smallest absolute Gasteiger partial charge is 0.239 e. The Kier molecular flexibility index (Phi) is 4.66. The number of nitrogens with zero attached hydrogens (tertiary/aromatic N) is 1. The lowest BCUT2D eigenvalue weighted by Crippen LogP contribution is -2.46. The minimum atomic E-state index is -0.345. The molecule has 2 N–H and O–H groups in total. The number of carbonyl (C=O) groups is 1. The van der Waals surface area contributed by atoms with Gasteiger partial charge in [0.15, 0.2) is 0 Å². The summed E-state index contributed by atoms with van der Waals surface area (Å²) < 4.78 is 0. The van der Waals surface area contributed by atoms with Gasteiger partial charge in [-0.15, -0.1) is 0 Å². The van der Waals surface area contributed by atoms with Crippen molar-refractivity contribution in [3.8, 4) is 0 Å². The highest BCUT2D eigenvalue weighted by Gasteiger charge is 2.24. The van der Waals surface area contributed by atoms with Crippen molar-refractivity contribution in [1.29, 1.82) is 0 Å². The highest BCUT2D eigenvalue weighted by molar-refractivity contribution is 7.98. The topological polar surface area (TPSA) is 46.3 Å². The zero-order chi connectivity index (χ0) is 13.0. The van der Waals surface area contributed by atoms with Crippen LogP contribution in [0.3, 0.4) is 0 Å². The molecular weight excluding hydrogens is 244 g/mol. The molecule has 1 aromatic carbocycles. The van der Waals surface area contributed by atoms with Gasteiger partial charge in [-0.25, -0.2) is 0 Å². The molecule has 1 aliphatic rings. The predicted molar refractivity (Wildman–Crippen MR) is 76.5 cm³/mol. The molecule has 0 bridgehead atoms. The van der Waals surface area contributed by atoms with E-state index in [-0.39, 0.29) is 11.9 Å². The maximum absolute atomic E-state index is 12.2. The lowest BCUT2D eigenvalue weighted by atomic mass is 9.99. The van der Waals surface area contributed by atoms with E-state index < -0.39 is 0 Å². The molecule has 1 aliphatic heterocycles. The van der Waals surface area contributed by atoms with Gasteiger partial charge in [0.2, 0.25) is 5.91 Å². The molecule has 0 saturated heterocycles. The molecule has 0 unspecified atom stereocenters. The number of carbonyl (C=O) groups excluding carboxylic acids is 1. The van der Waals surface area contributed by atoms with Crippen molar-refractivity contribution in [1.82, 2.24) is 4.90 Å². The molecule has 4 heteroatoms. The first-order chi connectivity index (χ1) is 8.72. The molecule has 2 rings (SSSR count). The van der Waals surface area contributed by atoms with Crippen molar-refractivity contribution >= 4 is 17.7 Å². The van der Waals surface area contributed by atoms with E-state index >= 15 is 0 Å². The fourth-order valence-electron chi connectivity index (χ4n) is 2.29. The first kappa shape index (κ1) is 13.4. The molecule has 0 aromatic heterocycles. The summed E-state index contributed by atoms with van der Waals surface area (Å²) in [7, 11) is 0. The molecule has 0 fully saturated rings. The average Bonchev–Trinajstić information content (AvgIpc) is 2.43. The molecule has 1 atom stereocenters. The Morgan fingerprint density at radius 2 is 2.17 bits per heavy atom. The Morgan fingerprint density at radius 3 is 2.89 bits per heavy atom. The SMILES string of the molecule is CSCC[C@H](N)C(=O)N1CCc2ccccc2C1. The largest absolute Gasteiger partial charge is 0.337 e. The van der Waals surface area contributed by atoms with Crippen LogP contribution >= 0.6 is 11.8 Å². The molecule has 1 amide bonds. The lowest BCUT2D eigenvalue weighted by Gasteiger charge is -2.30. The van der Waals surface area contributed by atoms with Crippen LogP contribution in [0.2, 0.25) is 0 Å². The summed E-state index contributed by atoms with van der Waals surface area (Å²) in [5, 5.41) is 0. The standard InChI is InChI=1S/C14H20N2OS/c1-18-9-7-13(15)14(17)16-8-6-11-4-2-3-5-12(11)10-16/h2-5,13H,6-10,15H2,1H3/t13-/m0/s1. The van der Waals surface area contributed by atoms with Crippen molar-refractivity contribution in [2.24, 2.45) is 5.73 Å². The van der Waals surface area contributed by atoms with Gasteiger partial charge < -0.3 is 10.6 Å². The molecule has 18 heavy (non-hydrogen) atoms. The third kappa shape index (κ3) is 3.06. The monoisotopic (exact) mass is 264 g/mol. The van der Waals surface area contributed by atoms with Gasteiger partial charge in [0.25, 0.3) is 0 Å². The van der Waals surface area contributed by atoms with Gasteiger partial charge in [0.1, 0.15) is 0 Å². The normalized spacial score (nSPS) is 16.2. The molecule has 1 heterocycles. The van der Waals surface area contributed by atoms with E-state index in [1.54, 1.807) is 11.8 Å². The van der Waals surface area contributed by atoms with Crippen LogP contribution in [-0.4, -0.2) is 35.4 Å². The van der Waals surface area contributed by atoms with Crippen LogP contribution in [0.5, 0.6) is 0 Å². The van der Waals surface area contributed by atoms with Crippen molar-refractivity contribution in [2.75, 3.05) is 18.6 Å². The molecule has 0 aliphatic carbocycles. The van der Waals surface area contributed by atoms with E-state index in [4.69, 9.17) is 5.73 Å². The molecule has 0 spiro atoms. The van der Waals surface area contributed by atoms with Crippen LogP contribution in [-0.2, 0) is 17.8 Å². The fraction of sp³-hybridized carbons (Fsp3) is 0.500. The van der Waals surface area contributed by atoms with Gasteiger partial charge >= 0.3 is 0 Å². The van der Waals surface area contributed by atoms with Gasteiger partial charge in [0, 0.05) is 13.1 Å². The second kappa shape index (κ2) is 6.25. The van der Waals surface area contributed by atoms with Crippen LogP contribution in [0.25, 0.3) is 0 Å². The first-order valence-corrected chi connectivity index (χ1v) is 7.72. The summed E-state index contributed by atoms with van der Waals surface area (Å²) in [5.41, 5.74) is 8.57. The number of benzene rings is 1. The number of nitrogens with two attached hydrogens (primary N) is 1. The summed E-state index contributed by atoms with van der Waals surface area (Å²) in [6.07, 6.45) is 3.74. The summed E-state index contributed by atoms with van der Waals surface area (Å²) >= 11 is 1.73. The van der Waals surface area contributed by atoms with Gasteiger partial charge in [-0.3, -0.25) is 4.79 Å². The third-order valence-electron chi connectivity index (χ3n) is 3.39. The van der Waals surface area contributed by atoms with E-state index in [9.17, 15) is 4.79 Å². The molecule has 0 saturated carbocycles. The van der Waals surface area contributed by atoms with Crippen LogP contribution in [0.4, 0.5) is 0 Å². The van der Waals surface area contributed by atoms with E-state index in [0.29, 0.717) is 6.54 Å². The van der Waals surface area contributed by atoms with Gasteiger partial charge in [-0.2, -0.15) is 11.8 Å². The summed E-state index contributed by atoms with van der Waals surface area (Å²) in [6.45, 7) is 1.50. The van der Waals surface area contributed by atoms with Crippen LogP contribution in [0.15, 0.2) is 24.3 Å². The quantitative estimate of drug-likeness (QED) is 0.899. The van der Waals surface area contributed by atoms with E-state index in [1.165, 1.54) is 11.1 Å². The van der Waals surface area contributed by atoms with Crippen molar-refractivity contribution < 1.29 is 4.79 Å². The van der Waals surface area contributed by atoms with Crippen LogP contribution < -0.4 is 5.73 Å². The molecule has 3 nitrogen and oxygen atoms in total. The number of rotatable bonds is 4. The zero-order valence-electron chi connectivity index (χ0n) is 10.8. The Labute approximate surface area is 113 Å². The number of amides is 1. The second-order valence-electron chi connectivity index (χ2n) is 4.67. The molecular formula is C14H20N2OS. The third-order valence-corrected chi connectivity index (χ3v) is 4.04. The number of hydrogen-bond donors (Lipinski definition) is 1. The van der Waals surface area contributed by atoms with E-state index in [1.807, 2.05) is 17.2 Å². The van der Waals surface area contributed by atoms with Crippen molar-refractivity contribution in [3.63, 3.8) is 0 Å². The maximum atomic E-state index is 12.2. The van der Waals surface area contributed by atoms with Crippen molar-refractivity contribution in [2.45, 2.75) is 25.4 Å². The Balaban J connectivity index is 1.98. The second-order valence-corrected chi connectivity index (χ2v) is 5.65. The minimum absolute atomic E-state index is 0.0959. The molecule has 0 radical (unpaired) electrons. The van der Waals surface area contributed by atoms with Gasteiger partial charge in [0.05, 0.1) is 6.04 Å². The van der Waals surface area contributed by atoms with Gasteiger partial charge in [-0.1, -0.05) is 24.3 Å². The Hall–Kier alpha value is -1.00. The lowest BCUT2D eigenvalue weighted by molar-refractivity contribution is -0.133. The van der Waals surface area contributed by atoms with Gasteiger partial charge in [-0.05, 0) is 36.0 Å².